The van der Waals surface area contributed by atoms with E-state index >= 15 is 0 Å². The second-order valence-electron chi connectivity index (χ2n) is 3.53. The first kappa shape index (κ1) is 14.5. The molecule has 0 aliphatic heterocycles. The van der Waals surface area contributed by atoms with Gasteiger partial charge in [-0.3, -0.25) is 20.2 Å². The van der Waals surface area contributed by atoms with Crippen LogP contribution in [0.3, 0.4) is 0 Å². The number of nitrogens with zero attached hydrogens (tertiary/aromatic N) is 2. The fourth-order valence-corrected chi connectivity index (χ4v) is 1.53. The normalized spacial score (nSPS) is 11.7. The summed E-state index contributed by atoms with van der Waals surface area (Å²) in [5.41, 5.74) is -1.38. The standard InChI is InChI=1S/C10H10N2O7/c1-19-10(14)9(13)5-6-7(11(15)16)3-2-4-8(6)12(17)18/h2-4,9,13H,5H2,1H3. The lowest BCUT2D eigenvalue weighted by molar-refractivity contribution is -0.395. The molecular formula is C10H10N2O7. The first-order chi connectivity index (χ1) is 8.88. The van der Waals surface area contributed by atoms with Gasteiger partial charge in [0.15, 0.2) is 6.10 Å². The number of nitro groups is 2. The van der Waals surface area contributed by atoms with E-state index in [1.165, 1.54) is 0 Å². The lowest BCUT2D eigenvalue weighted by Gasteiger charge is -2.08. The Morgan fingerprint density at radius 3 is 2.16 bits per heavy atom. The third-order valence-corrected chi connectivity index (χ3v) is 2.39. The molecule has 9 nitrogen and oxygen atoms in total. The van der Waals surface area contributed by atoms with E-state index in [-0.39, 0.29) is 5.56 Å². The van der Waals surface area contributed by atoms with Gasteiger partial charge in [0.2, 0.25) is 0 Å². The molecule has 0 aliphatic carbocycles. The summed E-state index contributed by atoms with van der Waals surface area (Å²) in [7, 11) is 1.03. The van der Waals surface area contributed by atoms with Crippen molar-refractivity contribution in [2.75, 3.05) is 7.11 Å². The zero-order valence-electron chi connectivity index (χ0n) is 9.81. The molecule has 1 unspecified atom stereocenters. The van der Waals surface area contributed by atoms with E-state index in [0.717, 1.165) is 25.3 Å². The second-order valence-corrected chi connectivity index (χ2v) is 3.53. The van der Waals surface area contributed by atoms with E-state index in [4.69, 9.17) is 0 Å². The van der Waals surface area contributed by atoms with Crippen LogP contribution in [-0.4, -0.2) is 34.1 Å². The van der Waals surface area contributed by atoms with Gasteiger partial charge in [-0.15, -0.1) is 0 Å². The summed E-state index contributed by atoms with van der Waals surface area (Å²) < 4.78 is 4.26. The smallest absolute Gasteiger partial charge is 0.335 e. The van der Waals surface area contributed by atoms with Gasteiger partial charge in [0.25, 0.3) is 11.4 Å². The highest BCUT2D eigenvalue weighted by Crippen LogP contribution is 2.29. The van der Waals surface area contributed by atoms with Crippen molar-refractivity contribution in [1.29, 1.82) is 0 Å². The van der Waals surface area contributed by atoms with Crippen molar-refractivity contribution in [3.8, 4) is 0 Å². The van der Waals surface area contributed by atoms with Gasteiger partial charge in [0, 0.05) is 18.6 Å². The number of carbonyl (C=O) groups excluding carboxylic acids is 1. The zero-order chi connectivity index (χ0) is 14.6. The summed E-state index contributed by atoms with van der Waals surface area (Å²) in [4.78, 5) is 31.0. The maximum atomic E-state index is 11.1. The predicted octanol–water partition coefficient (Wildman–Crippen LogP) is 0.579. The van der Waals surface area contributed by atoms with E-state index in [1.54, 1.807) is 0 Å². The van der Waals surface area contributed by atoms with Crippen LogP contribution < -0.4 is 0 Å². The van der Waals surface area contributed by atoms with E-state index in [0.29, 0.717) is 0 Å². The van der Waals surface area contributed by atoms with Crippen LogP contribution in [0.25, 0.3) is 0 Å². The molecule has 0 heterocycles. The number of aliphatic hydroxyl groups excluding tert-OH is 1. The minimum atomic E-state index is -1.70. The number of aliphatic hydroxyl groups is 1. The van der Waals surface area contributed by atoms with Crippen molar-refractivity contribution in [3.05, 3.63) is 44.0 Å². The predicted molar refractivity (Wildman–Crippen MR) is 61.5 cm³/mol. The van der Waals surface area contributed by atoms with Gasteiger partial charge in [-0.25, -0.2) is 4.79 Å². The minimum absolute atomic E-state index is 0.324. The van der Waals surface area contributed by atoms with Crippen molar-refractivity contribution in [2.24, 2.45) is 0 Å². The summed E-state index contributed by atoms with van der Waals surface area (Å²) in [6.07, 6.45) is -2.27. The third-order valence-electron chi connectivity index (χ3n) is 2.39. The molecule has 0 bridgehead atoms. The largest absolute Gasteiger partial charge is 0.467 e. The molecule has 0 radical (unpaired) electrons. The van der Waals surface area contributed by atoms with Crippen LogP contribution >= 0.6 is 0 Å². The average molecular weight is 270 g/mol. The number of rotatable bonds is 5. The highest BCUT2D eigenvalue weighted by atomic mass is 16.6. The van der Waals surface area contributed by atoms with Crippen molar-refractivity contribution >= 4 is 17.3 Å². The van der Waals surface area contributed by atoms with Gasteiger partial charge in [0.05, 0.1) is 17.0 Å². The Morgan fingerprint density at radius 1 is 1.32 bits per heavy atom. The van der Waals surface area contributed by atoms with Gasteiger partial charge < -0.3 is 9.84 Å². The molecule has 0 aliphatic rings. The second kappa shape index (κ2) is 5.87. The van der Waals surface area contributed by atoms with Crippen LogP contribution in [0.2, 0.25) is 0 Å². The number of hydrogen-bond donors (Lipinski definition) is 1. The lowest BCUT2D eigenvalue weighted by Crippen LogP contribution is -2.25. The van der Waals surface area contributed by atoms with E-state index in [2.05, 4.69) is 4.74 Å². The topological polar surface area (TPSA) is 133 Å². The Labute approximate surface area is 106 Å². The van der Waals surface area contributed by atoms with Crippen molar-refractivity contribution in [3.63, 3.8) is 0 Å². The van der Waals surface area contributed by atoms with Gasteiger partial charge in [-0.05, 0) is 6.07 Å². The Hall–Kier alpha value is -2.55. The monoisotopic (exact) mass is 270 g/mol. The van der Waals surface area contributed by atoms with Crippen LogP contribution in [-0.2, 0) is 16.0 Å². The molecule has 1 atom stereocenters. The first-order valence-electron chi connectivity index (χ1n) is 5.05. The molecule has 1 aromatic rings. The summed E-state index contributed by atoms with van der Waals surface area (Å²) in [5.74, 6) is -1.02. The Morgan fingerprint density at radius 2 is 1.79 bits per heavy atom. The fourth-order valence-electron chi connectivity index (χ4n) is 1.53. The van der Waals surface area contributed by atoms with Crippen LogP contribution in [0, 0.1) is 20.2 Å². The molecule has 1 N–H and O–H groups in total. The summed E-state index contributed by atoms with van der Waals surface area (Å²) in [6.45, 7) is 0. The molecule has 19 heavy (non-hydrogen) atoms. The highest BCUT2D eigenvalue weighted by Gasteiger charge is 2.29. The molecule has 9 heteroatoms. The van der Waals surface area contributed by atoms with Gasteiger partial charge in [0.1, 0.15) is 5.56 Å². The molecule has 0 fully saturated rings. The quantitative estimate of drug-likeness (QED) is 0.470. The minimum Gasteiger partial charge on any atom is -0.467 e. The molecule has 1 rings (SSSR count). The number of hydrogen-bond acceptors (Lipinski definition) is 7. The number of ether oxygens (including phenoxy) is 1. The number of nitro benzene ring substituents is 2. The van der Waals surface area contributed by atoms with Crippen molar-refractivity contribution < 1.29 is 24.5 Å². The number of esters is 1. The average Bonchev–Trinajstić information content (AvgIpc) is 2.37. The molecular weight excluding hydrogens is 260 g/mol. The molecule has 0 amide bonds. The van der Waals surface area contributed by atoms with E-state index in [1.807, 2.05) is 0 Å². The molecule has 0 spiro atoms. The summed E-state index contributed by atoms with van der Waals surface area (Å²) >= 11 is 0. The zero-order valence-corrected chi connectivity index (χ0v) is 9.81. The Balaban J connectivity index is 3.25. The first-order valence-corrected chi connectivity index (χ1v) is 5.05. The molecule has 1 aromatic carbocycles. The highest BCUT2D eigenvalue weighted by molar-refractivity contribution is 5.75. The van der Waals surface area contributed by atoms with E-state index in [9.17, 15) is 30.1 Å². The summed E-state index contributed by atoms with van der Waals surface area (Å²) in [5, 5.41) is 31.1. The van der Waals surface area contributed by atoms with E-state index < -0.39 is 39.7 Å². The molecule has 0 saturated carbocycles. The van der Waals surface area contributed by atoms with Gasteiger partial charge in [-0.1, -0.05) is 0 Å². The molecule has 102 valence electrons. The van der Waals surface area contributed by atoms with Crippen molar-refractivity contribution in [1.82, 2.24) is 0 Å². The van der Waals surface area contributed by atoms with Crippen LogP contribution in [0.4, 0.5) is 11.4 Å². The maximum absolute atomic E-state index is 11.1. The molecule has 0 aromatic heterocycles. The Kier molecular flexibility index (Phi) is 4.48. The van der Waals surface area contributed by atoms with Crippen LogP contribution in [0.5, 0.6) is 0 Å². The van der Waals surface area contributed by atoms with Crippen LogP contribution in [0.1, 0.15) is 5.56 Å². The van der Waals surface area contributed by atoms with Crippen molar-refractivity contribution in [2.45, 2.75) is 12.5 Å². The lowest BCUT2D eigenvalue weighted by atomic mass is 10.0. The maximum Gasteiger partial charge on any atom is 0.335 e. The number of carbonyl (C=O) groups is 1. The fraction of sp³-hybridized carbons (Fsp3) is 0.300. The third kappa shape index (κ3) is 3.22. The van der Waals surface area contributed by atoms with Gasteiger partial charge >= 0.3 is 5.97 Å². The number of methoxy groups -OCH3 is 1. The Bertz CT molecular complexity index is 496. The van der Waals surface area contributed by atoms with Gasteiger partial charge in [-0.2, -0.15) is 0 Å². The SMILES string of the molecule is COC(=O)C(O)Cc1c([N+](=O)[O-])cccc1[N+](=O)[O-]. The number of benzene rings is 1. The molecule has 0 saturated heterocycles. The van der Waals surface area contributed by atoms with Crippen LogP contribution in [0.15, 0.2) is 18.2 Å². The summed E-state index contributed by atoms with van der Waals surface area (Å²) in [6, 6.07) is 3.28.